The van der Waals surface area contributed by atoms with Gasteiger partial charge in [-0.1, -0.05) is 13.3 Å². The van der Waals surface area contributed by atoms with E-state index < -0.39 is 0 Å². The maximum absolute atomic E-state index is 6.00. The van der Waals surface area contributed by atoms with Gasteiger partial charge in [-0.25, -0.2) is 0 Å². The van der Waals surface area contributed by atoms with Crippen molar-refractivity contribution in [3.05, 3.63) is 0 Å². The second-order valence-electron chi connectivity index (χ2n) is 4.97. The molecule has 13 heavy (non-hydrogen) atoms. The summed E-state index contributed by atoms with van der Waals surface area (Å²) in [5, 5.41) is 0. The third kappa shape index (κ3) is 2.23. The number of hydrogen-bond acceptors (Lipinski definition) is 2. The summed E-state index contributed by atoms with van der Waals surface area (Å²) in [5.74, 6) is 0.915. The van der Waals surface area contributed by atoms with E-state index >= 15 is 0 Å². The van der Waals surface area contributed by atoms with Gasteiger partial charge in [0.05, 0.1) is 0 Å². The Morgan fingerprint density at radius 2 is 2.08 bits per heavy atom. The first-order valence-corrected chi connectivity index (χ1v) is 5.75. The highest BCUT2D eigenvalue weighted by Crippen LogP contribution is 2.26. The largest absolute Gasteiger partial charge is 0.328 e. The molecule has 2 heteroatoms. The third-order valence-corrected chi connectivity index (χ3v) is 3.66. The SMILES string of the molecule is CC1CCN(C2CCCC(N)C2)C1. The molecule has 0 spiro atoms. The summed E-state index contributed by atoms with van der Waals surface area (Å²) >= 11 is 0. The van der Waals surface area contributed by atoms with Crippen molar-refractivity contribution < 1.29 is 0 Å². The lowest BCUT2D eigenvalue weighted by atomic mass is 9.91. The molecule has 1 heterocycles. The monoisotopic (exact) mass is 182 g/mol. The molecule has 2 N–H and O–H groups in total. The lowest BCUT2D eigenvalue weighted by Crippen LogP contribution is -2.41. The van der Waals surface area contributed by atoms with E-state index in [2.05, 4.69) is 11.8 Å². The van der Waals surface area contributed by atoms with Crippen LogP contribution in [-0.4, -0.2) is 30.1 Å². The lowest BCUT2D eigenvalue weighted by Gasteiger charge is -2.33. The Hall–Kier alpha value is -0.0800. The minimum atomic E-state index is 0.481. The standard InChI is InChI=1S/C11H22N2/c1-9-5-6-13(8-9)11-4-2-3-10(12)7-11/h9-11H,2-8,12H2,1H3. The molecule has 2 rings (SSSR count). The Bertz CT molecular complexity index is 169. The van der Waals surface area contributed by atoms with Gasteiger partial charge in [-0.05, 0) is 38.1 Å². The molecule has 0 bridgehead atoms. The summed E-state index contributed by atoms with van der Waals surface area (Å²) in [6, 6.07) is 1.29. The average Bonchev–Trinajstić information content (AvgIpc) is 2.52. The van der Waals surface area contributed by atoms with Crippen molar-refractivity contribution >= 4 is 0 Å². The Morgan fingerprint density at radius 1 is 1.23 bits per heavy atom. The van der Waals surface area contributed by atoms with Crippen LogP contribution in [0, 0.1) is 5.92 Å². The van der Waals surface area contributed by atoms with Gasteiger partial charge >= 0.3 is 0 Å². The van der Waals surface area contributed by atoms with Crippen LogP contribution in [0.15, 0.2) is 0 Å². The minimum absolute atomic E-state index is 0.481. The van der Waals surface area contributed by atoms with Crippen LogP contribution in [0.5, 0.6) is 0 Å². The van der Waals surface area contributed by atoms with Gasteiger partial charge in [0, 0.05) is 18.6 Å². The van der Waals surface area contributed by atoms with Crippen molar-refractivity contribution in [3.63, 3.8) is 0 Å². The lowest BCUT2D eigenvalue weighted by molar-refractivity contribution is 0.175. The number of hydrogen-bond donors (Lipinski definition) is 1. The second-order valence-corrected chi connectivity index (χ2v) is 4.97. The summed E-state index contributed by atoms with van der Waals surface area (Å²) in [7, 11) is 0. The van der Waals surface area contributed by atoms with Crippen molar-refractivity contribution in [2.45, 2.75) is 51.1 Å². The molecule has 0 amide bonds. The number of nitrogens with zero attached hydrogens (tertiary/aromatic N) is 1. The zero-order valence-electron chi connectivity index (χ0n) is 8.71. The molecule has 2 fully saturated rings. The summed E-state index contributed by atoms with van der Waals surface area (Å²) < 4.78 is 0. The predicted molar refractivity (Wildman–Crippen MR) is 55.6 cm³/mol. The van der Waals surface area contributed by atoms with Crippen LogP contribution in [0.3, 0.4) is 0 Å². The van der Waals surface area contributed by atoms with Crippen molar-refractivity contribution in [1.82, 2.24) is 4.90 Å². The maximum Gasteiger partial charge on any atom is 0.0110 e. The van der Waals surface area contributed by atoms with E-state index in [0.717, 1.165) is 12.0 Å². The first-order valence-electron chi connectivity index (χ1n) is 5.75. The fourth-order valence-electron chi connectivity index (χ4n) is 2.83. The number of rotatable bonds is 1. The first kappa shape index (κ1) is 9.47. The zero-order valence-corrected chi connectivity index (χ0v) is 8.71. The highest BCUT2D eigenvalue weighted by molar-refractivity contribution is 4.85. The first-order chi connectivity index (χ1) is 6.25. The van der Waals surface area contributed by atoms with E-state index in [0.29, 0.717) is 6.04 Å². The van der Waals surface area contributed by atoms with Gasteiger partial charge in [0.2, 0.25) is 0 Å². The van der Waals surface area contributed by atoms with E-state index in [-0.39, 0.29) is 0 Å². The van der Waals surface area contributed by atoms with E-state index in [4.69, 9.17) is 5.73 Å². The molecule has 1 aliphatic carbocycles. The van der Waals surface area contributed by atoms with Gasteiger partial charge in [-0.3, -0.25) is 0 Å². The Kier molecular flexibility index (Phi) is 2.89. The van der Waals surface area contributed by atoms with Crippen molar-refractivity contribution in [2.75, 3.05) is 13.1 Å². The van der Waals surface area contributed by atoms with Gasteiger partial charge in [0.15, 0.2) is 0 Å². The molecule has 0 aromatic heterocycles. The smallest absolute Gasteiger partial charge is 0.0110 e. The molecule has 3 atom stereocenters. The molecule has 0 aromatic carbocycles. The Morgan fingerprint density at radius 3 is 2.69 bits per heavy atom. The summed E-state index contributed by atoms with van der Waals surface area (Å²) in [6.45, 7) is 5.00. The van der Waals surface area contributed by atoms with Crippen molar-refractivity contribution in [3.8, 4) is 0 Å². The van der Waals surface area contributed by atoms with Crippen LogP contribution < -0.4 is 5.73 Å². The van der Waals surface area contributed by atoms with Crippen LogP contribution in [-0.2, 0) is 0 Å². The highest BCUT2D eigenvalue weighted by atomic mass is 15.2. The zero-order chi connectivity index (χ0) is 9.26. The fourth-order valence-corrected chi connectivity index (χ4v) is 2.83. The third-order valence-electron chi connectivity index (χ3n) is 3.66. The van der Waals surface area contributed by atoms with Crippen molar-refractivity contribution in [1.29, 1.82) is 0 Å². The predicted octanol–water partition coefficient (Wildman–Crippen LogP) is 1.60. The minimum Gasteiger partial charge on any atom is -0.328 e. The maximum atomic E-state index is 6.00. The van der Waals surface area contributed by atoms with Gasteiger partial charge < -0.3 is 10.6 Å². The van der Waals surface area contributed by atoms with Gasteiger partial charge in [0.1, 0.15) is 0 Å². The molecule has 3 unspecified atom stereocenters. The van der Waals surface area contributed by atoms with Crippen LogP contribution in [0.2, 0.25) is 0 Å². The molecule has 2 aliphatic rings. The van der Waals surface area contributed by atoms with Gasteiger partial charge in [-0.2, -0.15) is 0 Å². The average molecular weight is 182 g/mol. The topological polar surface area (TPSA) is 29.3 Å². The summed E-state index contributed by atoms with van der Waals surface area (Å²) in [4.78, 5) is 2.67. The van der Waals surface area contributed by atoms with E-state index in [1.54, 1.807) is 0 Å². The molecule has 76 valence electrons. The molecule has 2 nitrogen and oxygen atoms in total. The molecule has 1 saturated carbocycles. The highest BCUT2D eigenvalue weighted by Gasteiger charge is 2.28. The molecule has 0 aromatic rings. The number of nitrogens with two attached hydrogens (primary N) is 1. The van der Waals surface area contributed by atoms with Gasteiger partial charge in [-0.15, -0.1) is 0 Å². The molecular formula is C11H22N2. The quantitative estimate of drug-likeness (QED) is 0.667. The Labute approximate surface area is 81.5 Å². The second kappa shape index (κ2) is 3.97. The van der Waals surface area contributed by atoms with Crippen molar-refractivity contribution in [2.24, 2.45) is 11.7 Å². The van der Waals surface area contributed by atoms with E-state index in [1.165, 1.54) is 45.2 Å². The van der Waals surface area contributed by atoms with Gasteiger partial charge in [0.25, 0.3) is 0 Å². The fraction of sp³-hybridized carbons (Fsp3) is 1.00. The molecule has 0 radical (unpaired) electrons. The van der Waals surface area contributed by atoms with Crippen LogP contribution in [0.4, 0.5) is 0 Å². The van der Waals surface area contributed by atoms with Crippen LogP contribution >= 0.6 is 0 Å². The normalized spacial score (nSPS) is 42.5. The van der Waals surface area contributed by atoms with Crippen LogP contribution in [0.1, 0.15) is 39.0 Å². The Balaban J connectivity index is 1.85. The molecule has 1 saturated heterocycles. The summed E-state index contributed by atoms with van der Waals surface area (Å²) in [6.07, 6.45) is 6.62. The van der Waals surface area contributed by atoms with E-state index in [9.17, 15) is 0 Å². The van der Waals surface area contributed by atoms with Crippen LogP contribution in [0.25, 0.3) is 0 Å². The number of likely N-dealkylation sites (tertiary alicyclic amines) is 1. The summed E-state index contributed by atoms with van der Waals surface area (Å²) in [5.41, 5.74) is 6.00. The molecular weight excluding hydrogens is 160 g/mol. The van der Waals surface area contributed by atoms with E-state index in [1.807, 2.05) is 0 Å². The molecule has 1 aliphatic heterocycles.